The zero-order chi connectivity index (χ0) is 20.5. The first kappa shape index (κ1) is 24.8. The van der Waals surface area contributed by atoms with Crippen LogP contribution < -0.4 is 10.6 Å². The molecule has 1 aromatic carbocycles. The van der Waals surface area contributed by atoms with Crippen LogP contribution in [0.5, 0.6) is 0 Å². The lowest BCUT2D eigenvalue weighted by Crippen LogP contribution is -2.42. The summed E-state index contributed by atoms with van der Waals surface area (Å²) in [5.74, 6) is 0.823. The number of halogens is 2. The van der Waals surface area contributed by atoms with Gasteiger partial charge in [0.2, 0.25) is 5.91 Å². The van der Waals surface area contributed by atoms with Gasteiger partial charge in [0.05, 0.1) is 6.54 Å². The van der Waals surface area contributed by atoms with E-state index in [2.05, 4.69) is 10.6 Å². The monoisotopic (exact) mass is 532 g/mol. The molecule has 0 radical (unpaired) electrons. The number of amides is 1. The number of hydrogen-bond acceptors (Lipinski definition) is 3. The predicted octanol–water partition coefficient (Wildman–Crippen LogP) is 3.06. The Morgan fingerprint density at radius 3 is 2.77 bits per heavy atom. The maximum Gasteiger partial charge on any atom is 0.222 e. The van der Waals surface area contributed by atoms with E-state index in [4.69, 9.17) is 9.73 Å². The third kappa shape index (κ3) is 6.80. The number of rotatable bonds is 8. The van der Waals surface area contributed by atoms with Gasteiger partial charge in [0, 0.05) is 51.2 Å². The standard InChI is InChI=1S/C22H33FN4O2.HI/c1-2-24-21(25-11-5-13-27-12-4-8-20(27)28)26-17-22(9-14-29-15-10-22)18-6-3-7-19(23)16-18;/h3,6-7,16H,2,4-5,8-15,17H2,1H3,(H2,24,25,26);1H. The molecule has 2 aliphatic heterocycles. The van der Waals surface area contributed by atoms with E-state index in [1.54, 1.807) is 12.1 Å². The van der Waals surface area contributed by atoms with Gasteiger partial charge in [-0.3, -0.25) is 9.79 Å². The molecule has 168 valence electrons. The average molecular weight is 532 g/mol. The normalized spacial score (nSPS) is 18.8. The van der Waals surface area contributed by atoms with Crippen molar-refractivity contribution in [3.05, 3.63) is 35.6 Å². The van der Waals surface area contributed by atoms with Crippen molar-refractivity contribution in [2.24, 2.45) is 4.99 Å². The highest BCUT2D eigenvalue weighted by molar-refractivity contribution is 14.0. The van der Waals surface area contributed by atoms with E-state index < -0.39 is 0 Å². The van der Waals surface area contributed by atoms with Gasteiger partial charge in [-0.1, -0.05) is 12.1 Å². The molecule has 0 unspecified atom stereocenters. The number of carbonyl (C=O) groups excluding carboxylic acids is 1. The van der Waals surface area contributed by atoms with Crippen molar-refractivity contribution in [2.75, 3.05) is 45.9 Å². The molecule has 30 heavy (non-hydrogen) atoms. The lowest BCUT2D eigenvalue weighted by atomic mass is 9.74. The molecular formula is C22H34FIN4O2. The number of aliphatic imine (C=N–C) groups is 1. The van der Waals surface area contributed by atoms with Crippen LogP contribution in [0.3, 0.4) is 0 Å². The van der Waals surface area contributed by atoms with Gasteiger partial charge in [-0.25, -0.2) is 4.39 Å². The van der Waals surface area contributed by atoms with Crippen LogP contribution in [0.15, 0.2) is 29.3 Å². The van der Waals surface area contributed by atoms with Crippen molar-refractivity contribution in [1.29, 1.82) is 0 Å². The Labute approximate surface area is 196 Å². The number of guanidine groups is 1. The van der Waals surface area contributed by atoms with Crippen LogP contribution in [0.4, 0.5) is 4.39 Å². The summed E-state index contributed by atoms with van der Waals surface area (Å²) in [6.45, 7) is 7.15. The Hall–Kier alpha value is -1.42. The maximum atomic E-state index is 13.9. The van der Waals surface area contributed by atoms with Gasteiger partial charge in [0.15, 0.2) is 5.96 Å². The van der Waals surface area contributed by atoms with E-state index in [1.807, 2.05) is 17.9 Å². The molecule has 2 fully saturated rings. The molecule has 3 rings (SSSR count). The van der Waals surface area contributed by atoms with Crippen LogP contribution in [0.25, 0.3) is 0 Å². The third-order valence-electron chi connectivity index (χ3n) is 5.84. The second-order valence-electron chi connectivity index (χ2n) is 7.86. The summed E-state index contributed by atoms with van der Waals surface area (Å²) >= 11 is 0. The van der Waals surface area contributed by atoms with E-state index in [1.165, 1.54) is 6.07 Å². The molecule has 2 heterocycles. The summed E-state index contributed by atoms with van der Waals surface area (Å²) in [5.41, 5.74) is 0.790. The largest absolute Gasteiger partial charge is 0.381 e. The molecule has 0 aliphatic carbocycles. The van der Waals surface area contributed by atoms with E-state index in [9.17, 15) is 9.18 Å². The van der Waals surface area contributed by atoms with Crippen molar-refractivity contribution in [2.45, 2.75) is 44.4 Å². The predicted molar refractivity (Wildman–Crippen MR) is 128 cm³/mol. The number of hydrogen-bond donors (Lipinski definition) is 2. The molecule has 0 bridgehead atoms. The highest BCUT2D eigenvalue weighted by Gasteiger charge is 2.34. The first-order valence-electron chi connectivity index (χ1n) is 10.8. The van der Waals surface area contributed by atoms with Crippen molar-refractivity contribution in [3.63, 3.8) is 0 Å². The van der Waals surface area contributed by atoms with Gasteiger partial charge >= 0.3 is 0 Å². The fourth-order valence-corrected chi connectivity index (χ4v) is 4.11. The first-order valence-corrected chi connectivity index (χ1v) is 10.8. The maximum absolute atomic E-state index is 13.9. The highest BCUT2D eigenvalue weighted by Crippen LogP contribution is 2.35. The lowest BCUT2D eigenvalue weighted by Gasteiger charge is -2.36. The van der Waals surface area contributed by atoms with E-state index in [0.717, 1.165) is 63.4 Å². The summed E-state index contributed by atoms with van der Waals surface area (Å²) in [6, 6.07) is 6.89. The summed E-state index contributed by atoms with van der Waals surface area (Å²) in [7, 11) is 0. The summed E-state index contributed by atoms with van der Waals surface area (Å²) < 4.78 is 19.4. The fourth-order valence-electron chi connectivity index (χ4n) is 4.11. The van der Waals surface area contributed by atoms with Gasteiger partial charge in [0.1, 0.15) is 5.82 Å². The Morgan fingerprint density at radius 2 is 2.10 bits per heavy atom. The molecule has 2 saturated heterocycles. The van der Waals surface area contributed by atoms with Gasteiger partial charge < -0.3 is 20.3 Å². The Bertz CT molecular complexity index is 710. The molecule has 8 heteroatoms. The number of nitrogens with one attached hydrogen (secondary N) is 2. The van der Waals surface area contributed by atoms with Crippen molar-refractivity contribution in [3.8, 4) is 0 Å². The molecule has 0 atom stereocenters. The summed E-state index contributed by atoms with van der Waals surface area (Å²) in [4.78, 5) is 18.5. The fraction of sp³-hybridized carbons (Fsp3) is 0.636. The molecule has 2 N–H and O–H groups in total. The zero-order valence-electron chi connectivity index (χ0n) is 17.8. The Kier molecular flexibility index (Phi) is 10.3. The van der Waals surface area contributed by atoms with Crippen LogP contribution in [-0.2, 0) is 14.9 Å². The van der Waals surface area contributed by atoms with E-state index >= 15 is 0 Å². The molecule has 6 nitrogen and oxygen atoms in total. The molecule has 1 amide bonds. The highest BCUT2D eigenvalue weighted by atomic mass is 127. The lowest BCUT2D eigenvalue weighted by molar-refractivity contribution is -0.127. The minimum absolute atomic E-state index is 0. The van der Waals surface area contributed by atoms with Gasteiger partial charge in [-0.05, 0) is 50.3 Å². The van der Waals surface area contributed by atoms with Crippen LogP contribution in [0, 0.1) is 5.82 Å². The topological polar surface area (TPSA) is 66.0 Å². The second-order valence-corrected chi connectivity index (χ2v) is 7.86. The van der Waals surface area contributed by atoms with Crippen molar-refractivity contribution < 1.29 is 13.9 Å². The number of benzene rings is 1. The SMILES string of the molecule is CCNC(=NCC1(c2cccc(F)c2)CCOCC1)NCCCN1CCCC1=O.I. The van der Waals surface area contributed by atoms with Gasteiger partial charge in [-0.15, -0.1) is 24.0 Å². The van der Waals surface area contributed by atoms with Crippen LogP contribution in [0.1, 0.15) is 44.6 Å². The summed E-state index contributed by atoms with van der Waals surface area (Å²) in [5, 5.41) is 6.67. The first-order chi connectivity index (χ1) is 14.1. The van der Waals surface area contributed by atoms with Crippen LogP contribution >= 0.6 is 24.0 Å². The molecule has 0 saturated carbocycles. The second kappa shape index (κ2) is 12.4. The van der Waals surface area contributed by atoms with Gasteiger partial charge in [-0.2, -0.15) is 0 Å². The minimum Gasteiger partial charge on any atom is -0.381 e. The van der Waals surface area contributed by atoms with E-state index in [-0.39, 0.29) is 41.1 Å². The average Bonchev–Trinajstić information content (AvgIpc) is 3.14. The quantitative estimate of drug-likeness (QED) is 0.234. The van der Waals surface area contributed by atoms with Crippen molar-refractivity contribution >= 4 is 35.8 Å². The molecular weight excluding hydrogens is 498 g/mol. The van der Waals surface area contributed by atoms with Gasteiger partial charge in [0.25, 0.3) is 0 Å². The van der Waals surface area contributed by atoms with Crippen molar-refractivity contribution in [1.82, 2.24) is 15.5 Å². The number of ether oxygens (including phenoxy) is 1. The number of nitrogens with zero attached hydrogens (tertiary/aromatic N) is 2. The van der Waals surface area contributed by atoms with E-state index in [0.29, 0.717) is 26.2 Å². The molecule has 0 spiro atoms. The Balaban J connectivity index is 0.00000320. The van der Waals surface area contributed by atoms with Crippen LogP contribution in [0.2, 0.25) is 0 Å². The minimum atomic E-state index is -0.209. The zero-order valence-corrected chi connectivity index (χ0v) is 20.1. The third-order valence-corrected chi connectivity index (χ3v) is 5.84. The summed E-state index contributed by atoms with van der Waals surface area (Å²) in [6.07, 6.45) is 4.21. The smallest absolute Gasteiger partial charge is 0.222 e. The number of carbonyl (C=O) groups is 1. The number of likely N-dealkylation sites (tertiary alicyclic amines) is 1. The van der Waals surface area contributed by atoms with Crippen LogP contribution in [-0.4, -0.2) is 62.7 Å². The molecule has 1 aromatic rings. The molecule has 0 aromatic heterocycles. The Morgan fingerprint density at radius 1 is 1.30 bits per heavy atom. The molecule has 2 aliphatic rings.